The molecule has 0 aliphatic carbocycles. The minimum Gasteiger partial charge on any atom is -0.549 e. The number of rotatable bonds is 3. The van der Waals surface area contributed by atoms with Crippen molar-refractivity contribution >= 4 is 17.6 Å². The molecule has 1 aromatic carbocycles. The van der Waals surface area contributed by atoms with Gasteiger partial charge in [0, 0.05) is 11.8 Å². The maximum Gasteiger partial charge on any atom is 0.115 e. The van der Waals surface area contributed by atoms with Crippen molar-refractivity contribution in [3.05, 3.63) is 29.8 Å². The van der Waals surface area contributed by atoms with Crippen LogP contribution in [0.5, 0.6) is 5.75 Å². The number of phenolic OH excluding ortho intramolecular Hbond substituents is 1. The first kappa shape index (κ1) is 9.86. The van der Waals surface area contributed by atoms with Crippen molar-refractivity contribution in [1.82, 2.24) is 0 Å². The maximum atomic E-state index is 10.6. The zero-order valence-electron chi connectivity index (χ0n) is 6.74. The molecule has 1 rings (SSSR count). The summed E-state index contributed by atoms with van der Waals surface area (Å²) in [4.78, 5) is 10.6. The normalized spacial score (nSPS) is 12.4. The van der Waals surface area contributed by atoms with Crippen molar-refractivity contribution in [3.8, 4) is 5.75 Å². The van der Waals surface area contributed by atoms with E-state index in [0.29, 0.717) is 5.56 Å². The van der Waals surface area contributed by atoms with Crippen LogP contribution in [0.3, 0.4) is 0 Å². The monoisotopic (exact) mass is 199 g/mol. The highest BCUT2D eigenvalue weighted by atomic mass is 35.5. The number of carboxylic acids is 1. The van der Waals surface area contributed by atoms with Gasteiger partial charge in [0.15, 0.2) is 0 Å². The fourth-order valence-electron chi connectivity index (χ4n) is 0.995. The molecule has 1 unspecified atom stereocenters. The van der Waals surface area contributed by atoms with Crippen molar-refractivity contribution in [2.24, 2.45) is 0 Å². The van der Waals surface area contributed by atoms with Crippen LogP contribution >= 0.6 is 11.6 Å². The van der Waals surface area contributed by atoms with Crippen molar-refractivity contribution < 1.29 is 15.0 Å². The van der Waals surface area contributed by atoms with Crippen LogP contribution in [0.2, 0.25) is 0 Å². The van der Waals surface area contributed by atoms with Gasteiger partial charge < -0.3 is 15.0 Å². The molecular weight excluding hydrogens is 192 g/mol. The standard InChI is InChI=1S/C9H9ClO3/c10-5-8(9(12)13)6-1-3-7(11)4-2-6/h1-4,8,11H,5H2,(H,12,13)/p-1. The molecule has 13 heavy (non-hydrogen) atoms. The average molecular weight is 200 g/mol. The van der Waals surface area contributed by atoms with E-state index in [-0.39, 0.29) is 11.6 Å². The Bertz CT molecular complexity index is 294. The molecule has 3 nitrogen and oxygen atoms in total. The highest BCUT2D eigenvalue weighted by molar-refractivity contribution is 6.19. The van der Waals surface area contributed by atoms with Gasteiger partial charge in [-0.3, -0.25) is 0 Å². The number of aliphatic carboxylic acids is 1. The van der Waals surface area contributed by atoms with Gasteiger partial charge in [0.25, 0.3) is 0 Å². The lowest BCUT2D eigenvalue weighted by molar-refractivity contribution is -0.307. The summed E-state index contributed by atoms with van der Waals surface area (Å²) in [7, 11) is 0. The largest absolute Gasteiger partial charge is 0.549 e. The second-order valence-corrected chi connectivity index (χ2v) is 2.93. The van der Waals surface area contributed by atoms with Gasteiger partial charge in [0.05, 0.1) is 5.97 Å². The van der Waals surface area contributed by atoms with Crippen molar-refractivity contribution in [2.75, 3.05) is 5.88 Å². The first-order chi connectivity index (χ1) is 6.15. The van der Waals surface area contributed by atoms with Crippen LogP contribution < -0.4 is 5.11 Å². The van der Waals surface area contributed by atoms with E-state index in [1.807, 2.05) is 0 Å². The summed E-state index contributed by atoms with van der Waals surface area (Å²) in [5, 5.41) is 19.5. The first-order valence-electron chi connectivity index (χ1n) is 3.71. The smallest absolute Gasteiger partial charge is 0.115 e. The SMILES string of the molecule is O=C([O-])C(CCl)c1ccc(O)cc1. The van der Waals surface area contributed by atoms with E-state index in [0.717, 1.165) is 0 Å². The fourth-order valence-corrected chi connectivity index (χ4v) is 1.30. The van der Waals surface area contributed by atoms with Gasteiger partial charge in [-0.1, -0.05) is 12.1 Å². The lowest BCUT2D eigenvalue weighted by atomic mass is 10.0. The maximum absolute atomic E-state index is 10.6. The van der Waals surface area contributed by atoms with Gasteiger partial charge in [-0.2, -0.15) is 0 Å². The van der Waals surface area contributed by atoms with E-state index in [1.165, 1.54) is 24.3 Å². The molecule has 1 atom stereocenters. The summed E-state index contributed by atoms with van der Waals surface area (Å²) in [5.74, 6) is -1.97. The molecule has 70 valence electrons. The van der Waals surface area contributed by atoms with Gasteiger partial charge in [0.1, 0.15) is 5.75 Å². The van der Waals surface area contributed by atoms with Crippen molar-refractivity contribution in [2.45, 2.75) is 5.92 Å². The molecule has 0 aromatic heterocycles. The van der Waals surface area contributed by atoms with E-state index < -0.39 is 11.9 Å². The number of aromatic hydroxyl groups is 1. The van der Waals surface area contributed by atoms with Crippen LogP contribution in [0.15, 0.2) is 24.3 Å². The molecule has 0 amide bonds. The summed E-state index contributed by atoms with van der Waals surface area (Å²) >= 11 is 5.45. The van der Waals surface area contributed by atoms with Crippen LogP contribution in [0, 0.1) is 0 Å². The molecule has 0 aliphatic heterocycles. The topological polar surface area (TPSA) is 60.4 Å². The molecule has 0 saturated carbocycles. The molecule has 0 heterocycles. The molecule has 0 fully saturated rings. The van der Waals surface area contributed by atoms with Crippen LogP contribution in [-0.2, 0) is 4.79 Å². The zero-order valence-corrected chi connectivity index (χ0v) is 7.49. The third-order valence-electron chi connectivity index (χ3n) is 1.73. The second-order valence-electron chi connectivity index (χ2n) is 2.62. The number of phenols is 1. The van der Waals surface area contributed by atoms with Gasteiger partial charge in [-0.05, 0) is 17.7 Å². The second kappa shape index (κ2) is 4.14. The Morgan fingerprint density at radius 1 is 1.46 bits per heavy atom. The molecule has 0 spiro atoms. The molecule has 0 aliphatic rings. The predicted molar refractivity (Wildman–Crippen MR) is 46.6 cm³/mol. The summed E-state index contributed by atoms with van der Waals surface area (Å²) in [6.07, 6.45) is 0. The van der Waals surface area contributed by atoms with E-state index in [9.17, 15) is 9.90 Å². The average Bonchev–Trinajstić information content (AvgIpc) is 2.09. The third kappa shape index (κ3) is 2.36. The fraction of sp³-hybridized carbons (Fsp3) is 0.222. The minimum absolute atomic E-state index is 0.0346. The van der Waals surface area contributed by atoms with Crippen LogP contribution in [0.25, 0.3) is 0 Å². The lowest BCUT2D eigenvalue weighted by Crippen LogP contribution is -2.30. The molecule has 1 N–H and O–H groups in total. The van der Waals surface area contributed by atoms with Crippen LogP contribution in [0.1, 0.15) is 11.5 Å². The summed E-state index contributed by atoms with van der Waals surface area (Å²) < 4.78 is 0. The van der Waals surface area contributed by atoms with E-state index in [4.69, 9.17) is 16.7 Å². The minimum atomic E-state index is -1.21. The molecule has 0 saturated heterocycles. The number of hydrogen-bond donors (Lipinski definition) is 1. The lowest BCUT2D eigenvalue weighted by Gasteiger charge is -2.14. The van der Waals surface area contributed by atoms with Crippen molar-refractivity contribution in [1.29, 1.82) is 0 Å². The Hall–Kier alpha value is -1.22. The number of alkyl halides is 1. The number of benzene rings is 1. The van der Waals surface area contributed by atoms with Crippen LogP contribution in [-0.4, -0.2) is 17.0 Å². The number of halogens is 1. The number of carbonyl (C=O) groups excluding carboxylic acids is 1. The Labute approximate surface area is 80.6 Å². The molecule has 1 aromatic rings. The quantitative estimate of drug-likeness (QED) is 0.720. The Balaban J connectivity index is 2.92. The van der Waals surface area contributed by atoms with Gasteiger partial charge in [0.2, 0.25) is 0 Å². The highest BCUT2D eigenvalue weighted by Gasteiger charge is 2.10. The number of carbonyl (C=O) groups is 1. The highest BCUT2D eigenvalue weighted by Crippen LogP contribution is 2.19. The first-order valence-corrected chi connectivity index (χ1v) is 4.24. The van der Waals surface area contributed by atoms with Crippen molar-refractivity contribution in [3.63, 3.8) is 0 Å². The predicted octanol–water partition coefficient (Wildman–Crippen LogP) is 0.464. The summed E-state index contributed by atoms with van der Waals surface area (Å²) in [6.45, 7) is 0. The third-order valence-corrected chi connectivity index (χ3v) is 2.04. The molecule has 4 heteroatoms. The van der Waals surface area contributed by atoms with E-state index >= 15 is 0 Å². The summed E-state index contributed by atoms with van der Waals surface area (Å²) in [6, 6.07) is 5.85. The summed E-state index contributed by atoms with van der Waals surface area (Å²) in [5.41, 5.74) is 0.535. The van der Waals surface area contributed by atoms with E-state index in [2.05, 4.69) is 0 Å². The zero-order chi connectivity index (χ0) is 9.84. The van der Waals surface area contributed by atoms with E-state index in [1.54, 1.807) is 0 Å². The van der Waals surface area contributed by atoms with Gasteiger partial charge in [-0.25, -0.2) is 0 Å². The van der Waals surface area contributed by atoms with Crippen LogP contribution in [0.4, 0.5) is 0 Å². The van der Waals surface area contributed by atoms with Gasteiger partial charge >= 0.3 is 0 Å². The molecule has 0 radical (unpaired) electrons. The molecular formula is C9H8ClO3-. The number of hydrogen-bond acceptors (Lipinski definition) is 3. The molecule has 0 bridgehead atoms. The Morgan fingerprint density at radius 3 is 2.38 bits per heavy atom. The van der Waals surface area contributed by atoms with Gasteiger partial charge in [-0.15, -0.1) is 11.6 Å². The Kier molecular flexibility index (Phi) is 3.14. The Morgan fingerprint density at radius 2 is 2.00 bits per heavy atom. The number of carboxylic acid groups (broad SMARTS) is 1.